The van der Waals surface area contributed by atoms with E-state index >= 15 is 0 Å². The maximum atomic E-state index is 11.0. The number of hydrogen-bond acceptors (Lipinski definition) is 3. The van der Waals surface area contributed by atoms with E-state index in [1.807, 2.05) is 13.8 Å². The molecule has 0 spiro atoms. The van der Waals surface area contributed by atoms with E-state index in [0.29, 0.717) is 6.42 Å². The van der Waals surface area contributed by atoms with Crippen LogP contribution in [0.1, 0.15) is 20.3 Å². The molecule has 1 heterocycles. The van der Waals surface area contributed by atoms with Crippen molar-refractivity contribution in [2.24, 2.45) is 0 Å². The topological polar surface area (TPSA) is 46.2 Å². The molecule has 1 unspecified atom stereocenters. The Morgan fingerprint density at radius 2 is 2.08 bits per heavy atom. The molecular weight excluding hydrogens is 251 g/mol. The van der Waals surface area contributed by atoms with E-state index in [-0.39, 0.29) is 49.8 Å². The van der Waals surface area contributed by atoms with Gasteiger partial charge in [-0.25, -0.2) is 0 Å². The third-order valence-electron chi connectivity index (χ3n) is 1.30. The molecular formula is C7H10NO2SY-. The summed E-state index contributed by atoms with van der Waals surface area (Å²) in [6.45, 7) is 3.86. The van der Waals surface area contributed by atoms with Gasteiger partial charge >= 0.3 is 0 Å². The van der Waals surface area contributed by atoms with Crippen LogP contribution in [-0.4, -0.2) is 17.1 Å². The SMILES string of the molecule is C[C-](C)SC1CC(=O)NC1=O.[Y]. The largest absolute Gasteiger partial charge is 0.336 e. The predicted molar refractivity (Wildman–Crippen MR) is 43.7 cm³/mol. The second-order valence-electron chi connectivity index (χ2n) is 2.63. The van der Waals surface area contributed by atoms with Crippen LogP contribution in [0, 0.1) is 5.25 Å². The van der Waals surface area contributed by atoms with E-state index in [4.69, 9.17) is 0 Å². The first-order valence-corrected chi connectivity index (χ1v) is 4.28. The molecule has 5 heteroatoms. The van der Waals surface area contributed by atoms with Crippen LogP contribution in [0.5, 0.6) is 0 Å². The average Bonchev–Trinajstić information content (AvgIpc) is 2.09. The van der Waals surface area contributed by atoms with E-state index in [2.05, 4.69) is 5.32 Å². The molecule has 1 saturated heterocycles. The summed E-state index contributed by atoms with van der Waals surface area (Å²) in [5.41, 5.74) is 0. The summed E-state index contributed by atoms with van der Waals surface area (Å²) in [4.78, 5) is 21.6. The van der Waals surface area contributed by atoms with E-state index in [1.165, 1.54) is 11.8 Å². The van der Waals surface area contributed by atoms with Crippen molar-refractivity contribution in [1.29, 1.82) is 0 Å². The fourth-order valence-electron chi connectivity index (χ4n) is 0.910. The second-order valence-corrected chi connectivity index (χ2v) is 4.25. The van der Waals surface area contributed by atoms with Crippen LogP contribution in [0.4, 0.5) is 0 Å². The third-order valence-corrected chi connectivity index (χ3v) is 2.44. The zero-order chi connectivity index (χ0) is 8.43. The van der Waals surface area contributed by atoms with Gasteiger partial charge in [0.1, 0.15) is 0 Å². The second kappa shape index (κ2) is 5.35. The summed E-state index contributed by atoms with van der Waals surface area (Å²) in [5, 5.41) is 3.18. The van der Waals surface area contributed by atoms with Gasteiger partial charge in [0.2, 0.25) is 11.8 Å². The smallest absolute Gasteiger partial charge is 0.237 e. The van der Waals surface area contributed by atoms with Crippen LogP contribution < -0.4 is 5.32 Å². The Hall–Kier alpha value is 0.594. The summed E-state index contributed by atoms with van der Waals surface area (Å²) in [6, 6.07) is 0. The molecule has 0 aromatic rings. The van der Waals surface area contributed by atoms with Gasteiger partial charge in [-0.15, -0.1) is 0 Å². The molecule has 65 valence electrons. The van der Waals surface area contributed by atoms with Crippen LogP contribution in [0.15, 0.2) is 0 Å². The van der Waals surface area contributed by atoms with Gasteiger partial charge in [-0.2, -0.15) is 13.8 Å². The maximum Gasteiger partial charge on any atom is 0.237 e. The van der Waals surface area contributed by atoms with E-state index in [1.54, 1.807) is 0 Å². The van der Waals surface area contributed by atoms with Crippen LogP contribution in [0.2, 0.25) is 0 Å². The number of carbonyl (C=O) groups excluding carboxylic acids is 2. The Labute approximate surface area is 101 Å². The summed E-state index contributed by atoms with van der Waals surface area (Å²) < 4.78 is 0. The molecule has 1 radical (unpaired) electrons. The van der Waals surface area contributed by atoms with Crippen molar-refractivity contribution in [2.45, 2.75) is 25.5 Å². The van der Waals surface area contributed by atoms with Gasteiger partial charge in [0.25, 0.3) is 0 Å². The van der Waals surface area contributed by atoms with E-state index < -0.39 is 0 Å². The molecule has 1 rings (SSSR count). The number of amides is 2. The van der Waals surface area contributed by atoms with Gasteiger partial charge in [0.05, 0.1) is 5.25 Å². The Kier molecular flexibility index (Phi) is 5.62. The Morgan fingerprint density at radius 3 is 2.42 bits per heavy atom. The number of hydrogen-bond donors (Lipinski definition) is 1. The fraction of sp³-hybridized carbons (Fsp3) is 0.571. The van der Waals surface area contributed by atoms with Gasteiger partial charge in [0, 0.05) is 39.1 Å². The van der Waals surface area contributed by atoms with E-state index in [9.17, 15) is 9.59 Å². The minimum atomic E-state index is -0.188. The molecule has 0 aliphatic carbocycles. The number of nitrogens with one attached hydrogen (secondary N) is 1. The molecule has 1 fully saturated rings. The van der Waals surface area contributed by atoms with Crippen LogP contribution in [0.3, 0.4) is 0 Å². The minimum Gasteiger partial charge on any atom is -0.336 e. The summed E-state index contributed by atoms with van der Waals surface area (Å²) in [6.07, 6.45) is 0.328. The number of thioether (sulfide) groups is 1. The van der Waals surface area contributed by atoms with Gasteiger partial charge in [-0.1, -0.05) is 0 Å². The number of imide groups is 1. The van der Waals surface area contributed by atoms with Crippen LogP contribution in [-0.2, 0) is 42.3 Å². The monoisotopic (exact) mass is 261 g/mol. The van der Waals surface area contributed by atoms with Crippen molar-refractivity contribution in [3.05, 3.63) is 5.25 Å². The third kappa shape index (κ3) is 3.54. The summed E-state index contributed by atoms with van der Waals surface area (Å²) in [7, 11) is 0. The van der Waals surface area contributed by atoms with Crippen molar-refractivity contribution in [3.8, 4) is 0 Å². The number of rotatable bonds is 2. The summed E-state index contributed by atoms with van der Waals surface area (Å²) >= 11 is 1.46. The number of carbonyl (C=O) groups is 2. The molecule has 1 aliphatic rings. The predicted octanol–water partition coefficient (Wildman–Crippen LogP) is 0.704. The van der Waals surface area contributed by atoms with Gasteiger partial charge in [0.15, 0.2) is 0 Å². The molecule has 0 aromatic heterocycles. The summed E-state index contributed by atoms with van der Waals surface area (Å²) in [5.74, 6) is -0.310. The average molecular weight is 261 g/mol. The quantitative estimate of drug-likeness (QED) is 0.588. The Morgan fingerprint density at radius 1 is 1.50 bits per heavy atom. The molecule has 0 saturated carbocycles. The molecule has 0 aromatic carbocycles. The van der Waals surface area contributed by atoms with Crippen LogP contribution in [0.25, 0.3) is 0 Å². The molecule has 12 heavy (non-hydrogen) atoms. The molecule has 1 atom stereocenters. The Balaban J connectivity index is 0.00000121. The fourth-order valence-corrected chi connectivity index (χ4v) is 1.88. The minimum absolute atomic E-state index is 0. The Bertz CT molecular complexity index is 196. The van der Waals surface area contributed by atoms with Gasteiger partial charge < -0.3 is 11.8 Å². The molecule has 0 bridgehead atoms. The first-order valence-electron chi connectivity index (χ1n) is 3.40. The van der Waals surface area contributed by atoms with Gasteiger partial charge in [-0.05, 0) is 0 Å². The zero-order valence-corrected chi connectivity index (χ0v) is 10.7. The molecule has 2 amide bonds. The first-order chi connectivity index (χ1) is 5.09. The van der Waals surface area contributed by atoms with Crippen molar-refractivity contribution < 1.29 is 42.3 Å². The normalized spacial score (nSPS) is 22.4. The van der Waals surface area contributed by atoms with Crippen molar-refractivity contribution in [2.75, 3.05) is 0 Å². The van der Waals surface area contributed by atoms with Crippen molar-refractivity contribution >= 4 is 23.6 Å². The molecule has 1 aliphatic heterocycles. The first kappa shape index (κ1) is 12.6. The van der Waals surface area contributed by atoms with Gasteiger partial charge in [-0.3, -0.25) is 20.2 Å². The van der Waals surface area contributed by atoms with Crippen LogP contribution >= 0.6 is 11.8 Å². The zero-order valence-electron chi connectivity index (χ0n) is 7.09. The maximum absolute atomic E-state index is 11.0. The standard InChI is InChI=1S/C7H10NO2S.Y/c1-4(2)11-5-3-6(9)8-7(5)10;/h5H,3H2,1-2H3,(H,8,9,10);/q-1;. The van der Waals surface area contributed by atoms with Crippen molar-refractivity contribution in [1.82, 2.24) is 5.32 Å². The van der Waals surface area contributed by atoms with Crippen molar-refractivity contribution in [3.63, 3.8) is 0 Å². The molecule has 1 N–H and O–H groups in total. The van der Waals surface area contributed by atoms with E-state index in [0.717, 1.165) is 5.25 Å². The molecule has 3 nitrogen and oxygen atoms in total.